The first-order valence-electron chi connectivity index (χ1n) is 9.94. The van der Waals surface area contributed by atoms with Gasteiger partial charge in [-0.2, -0.15) is 10.2 Å². The highest BCUT2D eigenvalue weighted by Gasteiger charge is 2.32. The van der Waals surface area contributed by atoms with Crippen LogP contribution in [0.2, 0.25) is 0 Å². The number of rotatable bonds is 4. The van der Waals surface area contributed by atoms with Gasteiger partial charge < -0.3 is 15.3 Å². The molecule has 10 nitrogen and oxygen atoms in total. The second-order valence-corrected chi connectivity index (χ2v) is 7.82. The van der Waals surface area contributed by atoms with Crippen molar-refractivity contribution in [2.45, 2.75) is 13.0 Å². The van der Waals surface area contributed by atoms with E-state index in [4.69, 9.17) is 10.2 Å². The third-order valence-corrected chi connectivity index (χ3v) is 5.63. The Morgan fingerprint density at radius 3 is 2.58 bits per heavy atom. The maximum Gasteiger partial charge on any atom is 0.405 e. The molecule has 1 aromatic carbocycles. The van der Waals surface area contributed by atoms with Crippen molar-refractivity contribution in [2.24, 2.45) is 14.1 Å². The van der Waals surface area contributed by atoms with E-state index < -0.39 is 6.09 Å². The molecular formula is C21H22N8O2. The van der Waals surface area contributed by atoms with Crippen LogP contribution < -0.4 is 10.2 Å². The van der Waals surface area contributed by atoms with E-state index in [-0.39, 0.29) is 6.04 Å². The molecule has 4 heterocycles. The molecule has 1 aliphatic heterocycles. The van der Waals surface area contributed by atoms with Crippen molar-refractivity contribution in [3.05, 3.63) is 42.4 Å². The first-order valence-corrected chi connectivity index (χ1v) is 9.94. The van der Waals surface area contributed by atoms with Gasteiger partial charge in [-0.05, 0) is 6.92 Å². The summed E-state index contributed by atoms with van der Waals surface area (Å²) in [7, 11) is 3.77. The number of nitrogens with one attached hydrogen (secondary N) is 1. The van der Waals surface area contributed by atoms with E-state index in [1.54, 1.807) is 4.68 Å². The summed E-state index contributed by atoms with van der Waals surface area (Å²) in [5, 5.41) is 21.6. The van der Waals surface area contributed by atoms with Crippen LogP contribution in [0, 0.1) is 6.92 Å². The Morgan fingerprint density at radius 1 is 1.13 bits per heavy atom. The van der Waals surface area contributed by atoms with Crippen LogP contribution in [0.1, 0.15) is 5.56 Å². The molecule has 0 unspecified atom stereocenters. The Morgan fingerprint density at radius 2 is 1.87 bits per heavy atom. The molecule has 31 heavy (non-hydrogen) atoms. The summed E-state index contributed by atoms with van der Waals surface area (Å²) in [6.45, 7) is 3.15. The predicted octanol–water partition coefficient (Wildman–Crippen LogP) is 2.20. The average Bonchev–Trinajstić information content (AvgIpc) is 3.25. The molecule has 0 atom stereocenters. The van der Waals surface area contributed by atoms with Crippen molar-refractivity contribution < 1.29 is 9.90 Å². The lowest BCUT2D eigenvalue weighted by atomic mass is 10.0. The smallest absolute Gasteiger partial charge is 0.405 e. The second-order valence-electron chi connectivity index (χ2n) is 7.82. The topological polar surface area (TPSA) is 114 Å². The number of carboxylic acid groups (broad SMARTS) is 1. The molecule has 1 saturated heterocycles. The first kappa shape index (κ1) is 19.0. The molecule has 0 aliphatic carbocycles. The Hall–Kier alpha value is -3.95. The van der Waals surface area contributed by atoms with Gasteiger partial charge in [0.2, 0.25) is 0 Å². The molecule has 2 N–H and O–H groups in total. The fourth-order valence-corrected chi connectivity index (χ4v) is 4.08. The molecule has 5 rings (SSSR count). The fourth-order valence-electron chi connectivity index (χ4n) is 4.08. The van der Waals surface area contributed by atoms with Crippen molar-refractivity contribution in [1.29, 1.82) is 0 Å². The summed E-state index contributed by atoms with van der Waals surface area (Å²) in [6.07, 6.45) is 2.32. The third kappa shape index (κ3) is 3.16. The fraction of sp³-hybridized carbons (Fsp3) is 0.286. The zero-order valence-corrected chi connectivity index (χ0v) is 17.4. The van der Waals surface area contributed by atoms with Crippen LogP contribution in [0.4, 0.5) is 10.6 Å². The van der Waals surface area contributed by atoms with Gasteiger partial charge in [0.25, 0.3) is 0 Å². The molecule has 4 aromatic rings. The van der Waals surface area contributed by atoms with Crippen LogP contribution in [0.25, 0.3) is 33.5 Å². The molecule has 0 spiro atoms. The SMILES string of the molecule is Cc1ccc(-c2c(-c3nn(C)c4ncnc(N5CC(NC(=O)O)C5)c34)cnn2C)cc1. The number of aromatic nitrogens is 6. The summed E-state index contributed by atoms with van der Waals surface area (Å²) in [5.74, 6) is 0.746. The lowest BCUT2D eigenvalue weighted by Gasteiger charge is -2.39. The van der Waals surface area contributed by atoms with Crippen LogP contribution in [-0.2, 0) is 14.1 Å². The van der Waals surface area contributed by atoms with E-state index in [9.17, 15) is 4.79 Å². The first-order chi connectivity index (χ1) is 14.9. The monoisotopic (exact) mass is 418 g/mol. The highest BCUT2D eigenvalue weighted by atomic mass is 16.4. The van der Waals surface area contributed by atoms with Gasteiger partial charge in [-0.1, -0.05) is 29.8 Å². The van der Waals surface area contributed by atoms with Gasteiger partial charge in [0.1, 0.15) is 17.8 Å². The number of hydrogen-bond acceptors (Lipinski definition) is 6. The second kappa shape index (κ2) is 7.08. The molecule has 158 valence electrons. The molecule has 10 heteroatoms. The Bertz CT molecular complexity index is 1280. The summed E-state index contributed by atoms with van der Waals surface area (Å²) in [5.41, 5.74) is 5.57. The highest BCUT2D eigenvalue weighted by molar-refractivity contribution is 6.02. The zero-order valence-electron chi connectivity index (χ0n) is 17.4. The lowest BCUT2D eigenvalue weighted by molar-refractivity contribution is 0.187. The van der Waals surface area contributed by atoms with E-state index in [1.807, 2.05) is 29.9 Å². The molecule has 1 amide bonds. The largest absolute Gasteiger partial charge is 0.465 e. The summed E-state index contributed by atoms with van der Waals surface area (Å²) >= 11 is 0. The summed E-state index contributed by atoms with van der Waals surface area (Å²) in [4.78, 5) is 21.9. The van der Waals surface area contributed by atoms with Crippen LogP contribution >= 0.6 is 0 Å². The minimum atomic E-state index is -1.02. The number of hydrogen-bond donors (Lipinski definition) is 2. The van der Waals surface area contributed by atoms with Gasteiger partial charge in [-0.15, -0.1) is 0 Å². The van der Waals surface area contributed by atoms with Crippen molar-refractivity contribution in [2.75, 3.05) is 18.0 Å². The minimum Gasteiger partial charge on any atom is -0.465 e. The standard InChI is InChI=1S/C21H22N8O2/c1-12-4-6-13(7-5-12)18-15(8-24-27(18)2)17-16-19(28(3)26-17)22-11-23-20(16)29-9-14(10-29)25-21(30)31/h4-8,11,14,25H,9-10H2,1-3H3,(H,30,31). The number of anilines is 1. The van der Waals surface area contributed by atoms with E-state index in [0.29, 0.717) is 18.7 Å². The van der Waals surface area contributed by atoms with Crippen molar-refractivity contribution >= 4 is 22.9 Å². The van der Waals surface area contributed by atoms with Crippen molar-refractivity contribution in [3.63, 3.8) is 0 Å². The number of amides is 1. The number of carbonyl (C=O) groups is 1. The zero-order chi connectivity index (χ0) is 21.7. The Labute approximate surface area is 178 Å². The summed E-state index contributed by atoms with van der Waals surface area (Å²) in [6, 6.07) is 8.19. The number of benzene rings is 1. The van der Waals surface area contributed by atoms with Gasteiger partial charge >= 0.3 is 6.09 Å². The van der Waals surface area contributed by atoms with E-state index in [2.05, 4.69) is 51.6 Å². The van der Waals surface area contributed by atoms with Gasteiger partial charge in [0, 0.05) is 38.3 Å². The quantitative estimate of drug-likeness (QED) is 0.522. The van der Waals surface area contributed by atoms with E-state index in [0.717, 1.165) is 33.7 Å². The van der Waals surface area contributed by atoms with Gasteiger partial charge in [-0.25, -0.2) is 19.4 Å². The molecule has 1 aliphatic rings. The van der Waals surface area contributed by atoms with Crippen molar-refractivity contribution in [1.82, 2.24) is 34.8 Å². The van der Waals surface area contributed by atoms with Gasteiger partial charge in [0.05, 0.1) is 23.3 Å². The average molecular weight is 418 g/mol. The van der Waals surface area contributed by atoms with Crippen molar-refractivity contribution in [3.8, 4) is 22.5 Å². The number of nitrogens with zero attached hydrogens (tertiary/aromatic N) is 7. The number of aryl methyl sites for hydroxylation is 3. The predicted molar refractivity (Wildman–Crippen MR) is 116 cm³/mol. The molecule has 0 radical (unpaired) electrons. The molecule has 0 saturated carbocycles. The van der Waals surface area contributed by atoms with Gasteiger partial charge in [0.15, 0.2) is 5.65 Å². The Balaban J connectivity index is 1.63. The minimum absolute atomic E-state index is 0.121. The van der Waals surface area contributed by atoms with Gasteiger partial charge in [-0.3, -0.25) is 4.68 Å². The summed E-state index contributed by atoms with van der Waals surface area (Å²) < 4.78 is 3.59. The lowest BCUT2D eigenvalue weighted by Crippen LogP contribution is -2.59. The molecule has 0 bridgehead atoms. The number of fused-ring (bicyclic) bond motifs is 1. The highest BCUT2D eigenvalue weighted by Crippen LogP contribution is 2.38. The normalized spacial score (nSPS) is 14.1. The molecule has 3 aromatic heterocycles. The van der Waals surface area contributed by atoms with Crippen LogP contribution in [0.15, 0.2) is 36.8 Å². The third-order valence-electron chi connectivity index (χ3n) is 5.63. The van der Waals surface area contributed by atoms with E-state index in [1.165, 1.54) is 11.9 Å². The van der Waals surface area contributed by atoms with Crippen LogP contribution in [0.3, 0.4) is 0 Å². The van der Waals surface area contributed by atoms with Crippen LogP contribution in [-0.4, -0.2) is 59.9 Å². The maximum absolute atomic E-state index is 10.9. The Kier molecular flexibility index (Phi) is 4.35. The van der Waals surface area contributed by atoms with Crippen LogP contribution in [0.5, 0.6) is 0 Å². The molecule has 1 fully saturated rings. The maximum atomic E-state index is 10.9. The van der Waals surface area contributed by atoms with E-state index >= 15 is 0 Å². The molecular weight excluding hydrogens is 396 g/mol.